The molecule has 0 aliphatic rings. The van der Waals surface area contributed by atoms with E-state index in [0.717, 1.165) is 6.42 Å². The van der Waals surface area contributed by atoms with Gasteiger partial charge in [-0.15, -0.1) is 13.2 Å². The number of halogens is 3. The van der Waals surface area contributed by atoms with Crippen molar-refractivity contribution in [1.29, 1.82) is 0 Å². The number of hydrogen-bond acceptors (Lipinski definition) is 3. The first kappa shape index (κ1) is 16.8. The Morgan fingerprint density at radius 3 is 2.60 bits per heavy atom. The molecule has 0 bridgehead atoms. The molecule has 0 fully saturated rings. The number of aliphatic hydroxyl groups is 1. The number of rotatable bonds is 7. The van der Waals surface area contributed by atoms with Crippen LogP contribution < -0.4 is 10.1 Å². The van der Waals surface area contributed by atoms with Gasteiger partial charge >= 0.3 is 6.36 Å². The molecule has 2 N–H and O–H groups in total. The predicted molar refractivity (Wildman–Crippen MR) is 70.5 cm³/mol. The van der Waals surface area contributed by atoms with Crippen molar-refractivity contribution in [2.45, 2.75) is 45.1 Å². The Kier molecular flexibility index (Phi) is 6.29. The average Bonchev–Trinajstić information content (AvgIpc) is 2.36. The molecular weight excluding hydrogens is 271 g/mol. The molecule has 0 heterocycles. The zero-order valence-electron chi connectivity index (χ0n) is 11.6. The normalized spacial score (nSPS) is 14.9. The first-order chi connectivity index (χ1) is 9.35. The van der Waals surface area contributed by atoms with Gasteiger partial charge in [0.25, 0.3) is 0 Å². The van der Waals surface area contributed by atoms with Crippen LogP contribution in [0.15, 0.2) is 24.3 Å². The van der Waals surface area contributed by atoms with Crippen LogP contribution >= 0.6 is 0 Å². The molecule has 0 saturated carbocycles. The molecular formula is C14H20F3NO2. The van der Waals surface area contributed by atoms with Crippen LogP contribution in [-0.4, -0.2) is 24.1 Å². The second kappa shape index (κ2) is 7.50. The van der Waals surface area contributed by atoms with Gasteiger partial charge in [-0.05, 0) is 37.5 Å². The lowest BCUT2D eigenvalue weighted by Crippen LogP contribution is -2.31. The Morgan fingerprint density at radius 1 is 1.35 bits per heavy atom. The molecule has 0 spiro atoms. The summed E-state index contributed by atoms with van der Waals surface area (Å²) in [5, 5.41) is 12.2. The third kappa shape index (κ3) is 5.79. The van der Waals surface area contributed by atoms with E-state index in [-0.39, 0.29) is 24.4 Å². The van der Waals surface area contributed by atoms with Crippen LogP contribution in [0.5, 0.6) is 5.75 Å². The number of hydrogen-bond donors (Lipinski definition) is 2. The Morgan fingerprint density at radius 2 is 2.05 bits per heavy atom. The zero-order valence-corrected chi connectivity index (χ0v) is 11.6. The van der Waals surface area contributed by atoms with Gasteiger partial charge in [-0.25, -0.2) is 0 Å². The van der Waals surface area contributed by atoms with Gasteiger partial charge in [0.1, 0.15) is 5.75 Å². The van der Waals surface area contributed by atoms with E-state index in [4.69, 9.17) is 5.11 Å². The molecule has 1 aromatic carbocycles. The maximum atomic E-state index is 12.2. The number of alkyl halides is 3. The third-order valence-corrected chi connectivity index (χ3v) is 3.05. The van der Waals surface area contributed by atoms with Crippen molar-refractivity contribution in [2.75, 3.05) is 6.61 Å². The second-order valence-electron chi connectivity index (χ2n) is 4.63. The van der Waals surface area contributed by atoms with Gasteiger partial charge in [0.05, 0.1) is 0 Å². The summed E-state index contributed by atoms with van der Waals surface area (Å²) in [5.74, 6) is -0.223. The molecule has 3 nitrogen and oxygen atoms in total. The standard InChI is InChI=1S/C14H20F3NO2/c1-3-12(7-8-19)18-10(2)11-5-4-6-13(9-11)20-14(15,16)17/h4-6,9-10,12,18-19H,3,7-8H2,1-2H3. The summed E-state index contributed by atoms with van der Waals surface area (Å²) in [6, 6.07) is 5.92. The lowest BCUT2D eigenvalue weighted by Gasteiger charge is -2.22. The van der Waals surface area contributed by atoms with Gasteiger partial charge in [-0.1, -0.05) is 19.1 Å². The van der Waals surface area contributed by atoms with E-state index >= 15 is 0 Å². The molecule has 6 heteroatoms. The molecule has 0 aromatic heterocycles. The van der Waals surface area contributed by atoms with Crippen molar-refractivity contribution in [3.8, 4) is 5.75 Å². The first-order valence-corrected chi connectivity index (χ1v) is 6.58. The monoisotopic (exact) mass is 291 g/mol. The van der Waals surface area contributed by atoms with E-state index in [1.54, 1.807) is 6.07 Å². The van der Waals surface area contributed by atoms with Gasteiger partial charge in [0, 0.05) is 18.7 Å². The fraction of sp³-hybridized carbons (Fsp3) is 0.571. The Balaban J connectivity index is 2.73. The van der Waals surface area contributed by atoms with Gasteiger partial charge < -0.3 is 15.2 Å². The van der Waals surface area contributed by atoms with E-state index in [1.807, 2.05) is 13.8 Å². The lowest BCUT2D eigenvalue weighted by molar-refractivity contribution is -0.274. The lowest BCUT2D eigenvalue weighted by atomic mass is 10.1. The van der Waals surface area contributed by atoms with Crippen LogP contribution in [-0.2, 0) is 0 Å². The number of ether oxygens (including phenoxy) is 1. The Hall–Kier alpha value is -1.27. The molecule has 0 radical (unpaired) electrons. The zero-order chi connectivity index (χ0) is 15.2. The summed E-state index contributed by atoms with van der Waals surface area (Å²) in [4.78, 5) is 0. The van der Waals surface area contributed by atoms with Crippen molar-refractivity contribution in [1.82, 2.24) is 5.32 Å². The number of nitrogens with one attached hydrogen (secondary N) is 1. The summed E-state index contributed by atoms with van der Waals surface area (Å²) in [6.45, 7) is 3.94. The molecule has 20 heavy (non-hydrogen) atoms. The van der Waals surface area contributed by atoms with Crippen LogP contribution in [0.25, 0.3) is 0 Å². The van der Waals surface area contributed by atoms with E-state index < -0.39 is 6.36 Å². The van der Waals surface area contributed by atoms with Crippen LogP contribution in [0.4, 0.5) is 13.2 Å². The summed E-state index contributed by atoms with van der Waals surface area (Å²) >= 11 is 0. The van der Waals surface area contributed by atoms with Gasteiger partial charge in [0.2, 0.25) is 0 Å². The van der Waals surface area contributed by atoms with Crippen LogP contribution in [0.3, 0.4) is 0 Å². The largest absolute Gasteiger partial charge is 0.573 e. The minimum atomic E-state index is -4.68. The predicted octanol–water partition coefficient (Wildman–Crippen LogP) is 3.40. The summed E-state index contributed by atoms with van der Waals surface area (Å²) in [6.07, 6.45) is -3.23. The van der Waals surface area contributed by atoms with E-state index in [0.29, 0.717) is 12.0 Å². The molecule has 0 saturated heterocycles. The maximum Gasteiger partial charge on any atom is 0.573 e. The maximum absolute atomic E-state index is 12.2. The minimum Gasteiger partial charge on any atom is -0.406 e. The van der Waals surface area contributed by atoms with Crippen molar-refractivity contribution in [2.24, 2.45) is 0 Å². The van der Waals surface area contributed by atoms with Crippen molar-refractivity contribution >= 4 is 0 Å². The second-order valence-corrected chi connectivity index (χ2v) is 4.63. The average molecular weight is 291 g/mol. The molecule has 114 valence electrons. The summed E-state index contributed by atoms with van der Waals surface area (Å²) in [7, 11) is 0. The highest BCUT2D eigenvalue weighted by molar-refractivity contribution is 5.30. The molecule has 2 atom stereocenters. The van der Waals surface area contributed by atoms with Gasteiger partial charge in [-0.2, -0.15) is 0 Å². The quantitative estimate of drug-likeness (QED) is 0.809. The third-order valence-electron chi connectivity index (χ3n) is 3.05. The van der Waals surface area contributed by atoms with Crippen LogP contribution in [0.2, 0.25) is 0 Å². The highest BCUT2D eigenvalue weighted by Crippen LogP contribution is 2.25. The molecule has 0 amide bonds. The molecule has 1 aromatic rings. The molecule has 1 rings (SSSR count). The van der Waals surface area contributed by atoms with Gasteiger partial charge in [-0.3, -0.25) is 0 Å². The van der Waals surface area contributed by atoms with E-state index in [1.165, 1.54) is 18.2 Å². The highest BCUT2D eigenvalue weighted by Gasteiger charge is 2.31. The Labute approximate surface area is 116 Å². The molecule has 2 unspecified atom stereocenters. The van der Waals surface area contributed by atoms with Crippen LogP contribution in [0.1, 0.15) is 38.3 Å². The SMILES string of the molecule is CCC(CCO)NC(C)c1cccc(OC(F)(F)F)c1. The van der Waals surface area contributed by atoms with E-state index in [9.17, 15) is 13.2 Å². The first-order valence-electron chi connectivity index (χ1n) is 6.58. The molecule has 0 aliphatic heterocycles. The van der Waals surface area contributed by atoms with Crippen LogP contribution in [0, 0.1) is 0 Å². The number of benzene rings is 1. The molecule has 0 aliphatic carbocycles. The van der Waals surface area contributed by atoms with Crippen molar-refractivity contribution in [3.05, 3.63) is 29.8 Å². The topological polar surface area (TPSA) is 41.5 Å². The fourth-order valence-corrected chi connectivity index (χ4v) is 1.99. The minimum absolute atomic E-state index is 0.0788. The van der Waals surface area contributed by atoms with E-state index in [2.05, 4.69) is 10.1 Å². The fourth-order valence-electron chi connectivity index (χ4n) is 1.99. The summed E-state index contributed by atoms with van der Waals surface area (Å²) in [5.41, 5.74) is 0.711. The highest BCUT2D eigenvalue weighted by atomic mass is 19.4. The van der Waals surface area contributed by atoms with Crippen molar-refractivity contribution in [3.63, 3.8) is 0 Å². The van der Waals surface area contributed by atoms with Gasteiger partial charge in [0.15, 0.2) is 0 Å². The summed E-state index contributed by atoms with van der Waals surface area (Å²) < 4.78 is 40.4. The Bertz CT molecular complexity index is 410. The smallest absolute Gasteiger partial charge is 0.406 e. The number of aliphatic hydroxyl groups excluding tert-OH is 1. The van der Waals surface area contributed by atoms with Crippen molar-refractivity contribution < 1.29 is 23.0 Å².